The maximum Gasteiger partial charge on any atom is 0.306 e. The van der Waals surface area contributed by atoms with E-state index in [0.29, 0.717) is 19.3 Å². The van der Waals surface area contributed by atoms with Crippen LogP contribution in [0.5, 0.6) is 0 Å². The third-order valence-electron chi connectivity index (χ3n) is 15.9. The van der Waals surface area contributed by atoms with Crippen LogP contribution in [0.15, 0.2) is 85.1 Å². The van der Waals surface area contributed by atoms with Crippen molar-refractivity contribution in [2.24, 2.45) is 0 Å². The molecular weight excluding hydrogens is 1020 g/mol. The highest BCUT2D eigenvalue weighted by atomic mass is 16.6. The van der Waals surface area contributed by atoms with Crippen LogP contribution in [-0.2, 0) is 28.6 Å². The van der Waals surface area contributed by atoms with Gasteiger partial charge < -0.3 is 14.2 Å². The Morgan fingerprint density at radius 2 is 0.470 bits per heavy atom. The van der Waals surface area contributed by atoms with E-state index in [-0.39, 0.29) is 37.5 Å². The topological polar surface area (TPSA) is 78.9 Å². The summed E-state index contributed by atoms with van der Waals surface area (Å²) in [6.07, 6.45) is 94.7. The molecule has 0 aliphatic carbocycles. The molecule has 1 atom stereocenters. The fourth-order valence-electron chi connectivity index (χ4n) is 10.5. The first kappa shape index (κ1) is 79.6. The smallest absolute Gasteiger partial charge is 0.306 e. The molecule has 6 heteroatoms. The van der Waals surface area contributed by atoms with Crippen LogP contribution < -0.4 is 0 Å². The summed E-state index contributed by atoms with van der Waals surface area (Å²) < 4.78 is 17.0. The van der Waals surface area contributed by atoms with E-state index in [1.165, 1.54) is 231 Å². The molecule has 0 fully saturated rings. The molecule has 0 spiro atoms. The Hall–Kier alpha value is -3.41. The largest absolute Gasteiger partial charge is 0.462 e. The molecule has 480 valence electrons. The Balaban J connectivity index is 4.41. The molecule has 0 aromatic rings. The van der Waals surface area contributed by atoms with Gasteiger partial charge in [0.2, 0.25) is 0 Å². The summed E-state index contributed by atoms with van der Waals surface area (Å²) in [4.78, 5) is 38.5. The zero-order valence-corrected chi connectivity index (χ0v) is 55.2. The molecule has 0 radical (unpaired) electrons. The summed E-state index contributed by atoms with van der Waals surface area (Å²) in [5.74, 6) is -0.916. The minimum absolute atomic E-state index is 0.0915. The normalized spacial score (nSPS) is 12.6. The van der Waals surface area contributed by atoms with E-state index in [4.69, 9.17) is 14.2 Å². The highest BCUT2D eigenvalue weighted by Gasteiger charge is 2.19. The summed E-state index contributed by atoms with van der Waals surface area (Å²) in [5, 5.41) is 0. The molecule has 0 heterocycles. The summed E-state index contributed by atoms with van der Waals surface area (Å²) in [6.45, 7) is 6.55. The average molecular weight is 1160 g/mol. The van der Waals surface area contributed by atoms with Gasteiger partial charge in [-0.3, -0.25) is 14.4 Å². The van der Waals surface area contributed by atoms with Crippen LogP contribution in [0.1, 0.15) is 367 Å². The van der Waals surface area contributed by atoms with E-state index in [0.717, 1.165) is 89.9 Å². The minimum Gasteiger partial charge on any atom is -0.462 e. The van der Waals surface area contributed by atoms with E-state index in [1.807, 2.05) is 0 Å². The van der Waals surface area contributed by atoms with Gasteiger partial charge in [-0.2, -0.15) is 0 Å². The number of ether oxygens (including phenoxy) is 3. The second-order valence-electron chi connectivity index (χ2n) is 24.1. The number of hydrogen-bond acceptors (Lipinski definition) is 6. The maximum absolute atomic E-state index is 13.0. The van der Waals surface area contributed by atoms with Crippen LogP contribution in [0.2, 0.25) is 0 Å². The Labute approximate surface area is 515 Å². The van der Waals surface area contributed by atoms with Crippen molar-refractivity contribution in [1.29, 1.82) is 0 Å². The SMILES string of the molecule is CC/C=C\C/C=C\C/C=C\C/C=C\C/C=C\C/C=C\CCCCC(=O)OC(COC(=O)CCCCCCCCCCC/C=C\CCCCCCCCCC)COC(=O)CCCCCCCCCCCCCCCCCCCCCCCCC. The first-order valence-corrected chi connectivity index (χ1v) is 36.1. The summed E-state index contributed by atoms with van der Waals surface area (Å²) in [7, 11) is 0. The predicted octanol–water partition coefficient (Wildman–Crippen LogP) is 25.0. The molecule has 0 aromatic heterocycles. The van der Waals surface area contributed by atoms with Gasteiger partial charge in [0, 0.05) is 19.3 Å². The number of carbonyl (C=O) groups excluding carboxylic acids is 3. The van der Waals surface area contributed by atoms with Crippen molar-refractivity contribution in [2.45, 2.75) is 374 Å². The lowest BCUT2D eigenvalue weighted by Gasteiger charge is -2.18. The number of esters is 3. The molecule has 0 saturated heterocycles. The predicted molar refractivity (Wildman–Crippen MR) is 362 cm³/mol. The first-order chi connectivity index (χ1) is 41.0. The minimum atomic E-state index is -0.802. The number of carbonyl (C=O) groups is 3. The van der Waals surface area contributed by atoms with Gasteiger partial charge in [-0.15, -0.1) is 0 Å². The van der Waals surface area contributed by atoms with Gasteiger partial charge in [-0.25, -0.2) is 0 Å². The van der Waals surface area contributed by atoms with Gasteiger partial charge >= 0.3 is 17.9 Å². The maximum atomic E-state index is 13.0. The fraction of sp³-hybridized carbons (Fsp3) is 0.779. The molecule has 0 amide bonds. The van der Waals surface area contributed by atoms with E-state index in [9.17, 15) is 14.4 Å². The van der Waals surface area contributed by atoms with Crippen LogP contribution in [0.3, 0.4) is 0 Å². The van der Waals surface area contributed by atoms with Crippen LogP contribution >= 0.6 is 0 Å². The van der Waals surface area contributed by atoms with Gasteiger partial charge in [-0.1, -0.05) is 337 Å². The summed E-state index contributed by atoms with van der Waals surface area (Å²) >= 11 is 0. The quantitative estimate of drug-likeness (QED) is 0.0261. The molecule has 0 N–H and O–H groups in total. The van der Waals surface area contributed by atoms with Gasteiger partial charge in [0.25, 0.3) is 0 Å². The van der Waals surface area contributed by atoms with Crippen LogP contribution in [0.4, 0.5) is 0 Å². The van der Waals surface area contributed by atoms with Crippen molar-refractivity contribution < 1.29 is 28.6 Å². The molecule has 83 heavy (non-hydrogen) atoms. The Bertz CT molecular complexity index is 1570. The zero-order valence-electron chi connectivity index (χ0n) is 55.2. The molecule has 0 bridgehead atoms. The van der Waals surface area contributed by atoms with E-state index < -0.39 is 6.10 Å². The third-order valence-corrected chi connectivity index (χ3v) is 15.9. The van der Waals surface area contributed by atoms with Gasteiger partial charge in [0.15, 0.2) is 6.10 Å². The van der Waals surface area contributed by atoms with Crippen LogP contribution in [0.25, 0.3) is 0 Å². The monoisotopic (exact) mass is 1160 g/mol. The van der Waals surface area contributed by atoms with Crippen molar-refractivity contribution in [1.82, 2.24) is 0 Å². The van der Waals surface area contributed by atoms with Gasteiger partial charge in [-0.05, 0) is 96.3 Å². The van der Waals surface area contributed by atoms with E-state index in [2.05, 4.69) is 106 Å². The molecule has 6 nitrogen and oxygen atoms in total. The molecule has 0 aliphatic heterocycles. The molecule has 0 rings (SSSR count). The van der Waals surface area contributed by atoms with Crippen LogP contribution in [-0.4, -0.2) is 37.2 Å². The first-order valence-electron chi connectivity index (χ1n) is 36.1. The van der Waals surface area contributed by atoms with Crippen molar-refractivity contribution in [3.05, 3.63) is 85.1 Å². The number of hydrogen-bond donors (Lipinski definition) is 0. The fourth-order valence-corrected chi connectivity index (χ4v) is 10.5. The number of rotatable bonds is 66. The molecule has 0 aromatic carbocycles. The van der Waals surface area contributed by atoms with E-state index >= 15 is 0 Å². The standard InChI is InChI=1S/C77H136O6/c1-4-7-10-13-16-19-22-25-28-31-34-37-38-41-43-46-49-52-55-58-61-64-67-70-76(79)82-73-74(83-77(80)71-68-65-62-59-56-53-50-47-44-40-36-33-30-27-24-21-18-15-12-9-6-3)72-81-75(78)69-66-63-60-57-54-51-48-45-42-39-35-32-29-26-23-20-17-14-11-8-5-2/h9,12,18,21,27,30,32,35-36,40,47,50,56,59,74H,4-8,10-11,13-17,19-20,22-26,28-29,31,33-34,37-39,41-46,48-49,51-55,57-58,60-73H2,1-3H3/b12-9-,21-18-,30-27-,35-32-,40-36-,50-47-,59-56-. The third kappa shape index (κ3) is 69.3. The Morgan fingerprint density at radius 1 is 0.253 bits per heavy atom. The number of allylic oxidation sites excluding steroid dienone is 14. The second-order valence-corrected chi connectivity index (χ2v) is 24.1. The average Bonchev–Trinajstić information content (AvgIpc) is 3.49. The number of unbranched alkanes of at least 4 members (excludes halogenated alkanes) is 41. The zero-order chi connectivity index (χ0) is 59.9. The van der Waals surface area contributed by atoms with Crippen molar-refractivity contribution in [3.8, 4) is 0 Å². The molecule has 0 saturated carbocycles. The van der Waals surface area contributed by atoms with Crippen molar-refractivity contribution >= 4 is 17.9 Å². The lowest BCUT2D eigenvalue weighted by molar-refractivity contribution is -0.167. The Kier molecular flexibility index (Phi) is 68.2. The van der Waals surface area contributed by atoms with E-state index in [1.54, 1.807) is 0 Å². The molecular formula is C77H136O6. The molecule has 0 aliphatic rings. The Morgan fingerprint density at radius 3 is 0.771 bits per heavy atom. The highest BCUT2D eigenvalue weighted by Crippen LogP contribution is 2.18. The van der Waals surface area contributed by atoms with Crippen molar-refractivity contribution in [3.63, 3.8) is 0 Å². The van der Waals surface area contributed by atoms with Crippen molar-refractivity contribution in [2.75, 3.05) is 13.2 Å². The summed E-state index contributed by atoms with van der Waals surface area (Å²) in [5.41, 5.74) is 0. The van der Waals surface area contributed by atoms with Gasteiger partial charge in [0.05, 0.1) is 0 Å². The lowest BCUT2D eigenvalue weighted by Crippen LogP contribution is -2.30. The highest BCUT2D eigenvalue weighted by molar-refractivity contribution is 5.71. The second kappa shape index (κ2) is 71.1. The van der Waals surface area contributed by atoms with Crippen LogP contribution in [0, 0.1) is 0 Å². The van der Waals surface area contributed by atoms with Gasteiger partial charge in [0.1, 0.15) is 13.2 Å². The summed E-state index contributed by atoms with van der Waals surface area (Å²) in [6, 6.07) is 0. The lowest BCUT2D eigenvalue weighted by atomic mass is 10.0. The molecule has 1 unspecified atom stereocenters.